The number of ether oxygens (including phenoxy) is 2. The van der Waals surface area contributed by atoms with Crippen molar-refractivity contribution in [2.24, 2.45) is 0 Å². The molecule has 1 unspecified atom stereocenters. The van der Waals surface area contributed by atoms with Crippen molar-refractivity contribution in [2.75, 3.05) is 32.2 Å². The largest absolute Gasteiger partial charge is 0.491 e. The summed E-state index contributed by atoms with van der Waals surface area (Å²) in [5, 5.41) is 6.23. The molecule has 5 nitrogen and oxygen atoms in total. The van der Waals surface area contributed by atoms with Gasteiger partial charge in [0, 0.05) is 31.3 Å². The minimum atomic E-state index is 0.0402. The van der Waals surface area contributed by atoms with Gasteiger partial charge in [0.1, 0.15) is 12.4 Å². The van der Waals surface area contributed by atoms with E-state index >= 15 is 0 Å². The number of nitrogens with one attached hydrogen (secondary N) is 2. The van der Waals surface area contributed by atoms with E-state index < -0.39 is 0 Å². The summed E-state index contributed by atoms with van der Waals surface area (Å²) in [7, 11) is 1.64. The fourth-order valence-corrected chi connectivity index (χ4v) is 2.27. The molecule has 1 atom stereocenters. The third-order valence-electron chi connectivity index (χ3n) is 3.27. The van der Waals surface area contributed by atoms with Crippen LogP contribution in [0.25, 0.3) is 0 Å². The third-order valence-corrected chi connectivity index (χ3v) is 3.27. The van der Waals surface area contributed by atoms with E-state index in [1.54, 1.807) is 7.11 Å². The van der Waals surface area contributed by atoms with Gasteiger partial charge in [-0.25, -0.2) is 0 Å². The van der Waals surface area contributed by atoms with E-state index in [9.17, 15) is 4.79 Å². The number of carbonyl (C=O) groups excluding carboxylic acids is 1. The van der Waals surface area contributed by atoms with Gasteiger partial charge >= 0.3 is 0 Å². The van der Waals surface area contributed by atoms with Crippen LogP contribution in [0, 0.1) is 0 Å². The molecule has 0 aliphatic carbocycles. The maximum absolute atomic E-state index is 11.9. The highest BCUT2D eigenvalue weighted by atomic mass is 16.5. The Kier molecular flexibility index (Phi) is 5.83. The maximum atomic E-state index is 11.9. The molecule has 1 aliphatic rings. The van der Waals surface area contributed by atoms with Crippen LogP contribution in [0.3, 0.4) is 0 Å². The number of methoxy groups -OCH3 is 1. The number of amides is 1. The van der Waals surface area contributed by atoms with Crippen LogP contribution in [0.4, 0.5) is 5.69 Å². The number of benzene rings is 1. The van der Waals surface area contributed by atoms with E-state index in [0.717, 1.165) is 30.8 Å². The number of hydrogen-bond donors (Lipinski definition) is 2. The Hall–Kier alpha value is -1.59. The van der Waals surface area contributed by atoms with Crippen molar-refractivity contribution >= 4 is 11.6 Å². The van der Waals surface area contributed by atoms with Gasteiger partial charge in [0.05, 0.1) is 6.61 Å². The second kappa shape index (κ2) is 7.87. The average Bonchev–Trinajstić information content (AvgIpc) is 2.92. The zero-order chi connectivity index (χ0) is 14.2. The Morgan fingerprint density at radius 1 is 1.45 bits per heavy atom. The molecule has 5 heteroatoms. The van der Waals surface area contributed by atoms with Gasteiger partial charge in [-0.2, -0.15) is 0 Å². The molecule has 0 spiro atoms. The summed E-state index contributed by atoms with van der Waals surface area (Å²) in [5.74, 6) is 0.775. The maximum Gasteiger partial charge on any atom is 0.225 e. The second-order valence-corrected chi connectivity index (χ2v) is 4.91. The first-order chi connectivity index (χ1) is 9.78. The fourth-order valence-electron chi connectivity index (χ4n) is 2.27. The first kappa shape index (κ1) is 14.8. The second-order valence-electron chi connectivity index (χ2n) is 4.91. The Morgan fingerprint density at radius 2 is 2.35 bits per heavy atom. The lowest BCUT2D eigenvalue weighted by Crippen LogP contribution is -2.27. The molecule has 1 saturated heterocycles. The highest BCUT2D eigenvalue weighted by Gasteiger charge is 2.17. The minimum absolute atomic E-state index is 0.0402. The molecule has 2 rings (SSSR count). The first-order valence-electron chi connectivity index (χ1n) is 7.03. The number of rotatable bonds is 7. The summed E-state index contributed by atoms with van der Waals surface area (Å²) < 4.78 is 10.4. The lowest BCUT2D eigenvalue weighted by atomic mass is 10.1. The standard InChI is InChI=1S/C15H22N2O3/c1-19-8-9-20-14-6-2-4-13(10-14)17-15(18)11-12-5-3-7-16-12/h2,4,6,10,12,16H,3,5,7-9,11H2,1H3,(H,17,18). The monoisotopic (exact) mass is 278 g/mol. The predicted octanol–water partition coefficient (Wildman–Crippen LogP) is 1.79. The molecule has 0 aromatic heterocycles. The third kappa shape index (κ3) is 4.83. The molecular weight excluding hydrogens is 256 g/mol. The van der Waals surface area contributed by atoms with Crippen molar-refractivity contribution in [3.05, 3.63) is 24.3 Å². The summed E-state index contributed by atoms with van der Waals surface area (Å²) in [6, 6.07) is 7.74. The van der Waals surface area contributed by atoms with Crippen LogP contribution in [0.5, 0.6) is 5.75 Å². The van der Waals surface area contributed by atoms with Crippen molar-refractivity contribution in [2.45, 2.75) is 25.3 Å². The van der Waals surface area contributed by atoms with Crippen LogP contribution in [-0.2, 0) is 9.53 Å². The fraction of sp³-hybridized carbons (Fsp3) is 0.533. The Morgan fingerprint density at radius 3 is 3.10 bits per heavy atom. The summed E-state index contributed by atoms with van der Waals surface area (Å²) in [6.45, 7) is 2.06. The number of hydrogen-bond acceptors (Lipinski definition) is 4. The Balaban J connectivity index is 1.81. The number of carbonyl (C=O) groups is 1. The molecule has 1 aromatic carbocycles. The van der Waals surface area contributed by atoms with E-state index in [4.69, 9.17) is 9.47 Å². The lowest BCUT2D eigenvalue weighted by Gasteiger charge is -2.11. The molecule has 1 fully saturated rings. The van der Waals surface area contributed by atoms with E-state index in [-0.39, 0.29) is 5.91 Å². The van der Waals surface area contributed by atoms with Crippen LogP contribution >= 0.6 is 0 Å². The van der Waals surface area contributed by atoms with Gasteiger partial charge in [-0.05, 0) is 31.5 Å². The van der Waals surface area contributed by atoms with Crippen LogP contribution in [0.15, 0.2) is 24.3 Å². The summed E-state index contributed by atoms with van der Waals surface area (Å²) in [5.41, 5.74) is 0.767. The Bertz CT molecular complexity index is 431. The summed E-state index contributed by atoms with van der Waals surface area (Å²) >= 11 is 0. The smallest absolute Gasteiger partial charge is 0.225 e. The molecule has 2 N–H and O–H groups in total. The summed E-state index contributed by atoms with van der Waals surface area (Å²) in [6.07, 6.45) is 2.75. The Labute approximate surface area is 119 Å². The van der Waals surface area contributed by atoms with Gasteiger partial charge in [-0.3, -0.25) is 4.79 Å². The van der Waals surface area contributed by atoms with Crippen molar-refractivity contribution in [1.29, 1.82) is 0 Å². The number of anilines is 1. The minimum Gasteiger partial charge on any atom is -0.491 e. The van der Waals surface area contributed by atoms with E-state index in [2.05, 4.69) is 10.6 Å². The first-order valence-corrected chi connectivity index (χ1v) is 7.03. The van der Waals surface area contributed by atoms with E-state index in [0.29, 0.717) is 25.7 Å². The molecular formula is C15H22N2O3. The molecule has 0 saturated carbocycles. The predicted molar refractivity (Wildman–Crippen MR) is 78.1 cm³/mol. The van der Waals surface area contributed by atoms with Crippen molar-refractivity contribution in [3.63, 3.8) is 0 Å². The highest BCUT2D eigenvalue weighted by molar-refractivity contribution is 5.91. The zero-order valence-corrected chi connectivity index (χ0v) is 11.9. The highest BCUT2D eigenvalue weighted by Crippen LogP contribution is 2.18. The van der Waals surface area contributed by atoms with Crippen LogP contribution in [0.2, 0.25) is 0 Å². The molecule has 110 valence electrons. The molecule has 20 heavy (non-hydrogen) atoms. The van der Waals surface area contributed by atoms with Gasteiger partial charge in [0.25, 0.3) is 0 Å². The van der Waals surface area contributed by atoms with E-state index in [1.807, 2.05) is 24.3 Å². The van der Waals surface area contributed by atoms with Gasteiger partial charge < -0.3 is 20.1 Å². The van der Waals surface area contributed by atoms with Crippen LogP contribution in [-0.4, -0.2) is 38.8 Å². The van der Waals surface area contributed by atoms with Gasteiger partial charge in [0.2, 0.25) is 5.91 Å². The molecule has 0 bridgehead atoms. The topological polar surface area (TPSA) is 59.6 Å². The molecule has 1 amide bonds. The van der Waals surface area contributed by atoms with Crippen molar-refractivity contribution in [1.82, 2.24) is 5.32 Å². The quantitative estimate of drug-likeness (QED) is 0.747. The van der Waals surface area contributed by atoms with Crippen molar-refractivity contribution in [3.8, 4) is 5.75 Å². The molecule has 1 heterocycles. The molecule has 1 aromatic rings. The van der Waals surface area contributed by atoms with Gasteiger partial charge in [0.15, 0.2) is 0 Å². The zero-order valence-electron chi connectivity index (χ0n) is 11.9. The van der Waals surface area contributed by atoms with Gasteiger partial charge in [-0.1, -0.05) is 6.07 Å². The SMILES string of the molecule is COCCOc1cccc(NC(=O)CC2CCCN2)c1. The lowest BCUT2D eigenvalue weighted by molar-refractivity contribution is -0.116. The summed E-state index contributed by atoms with van der Waals surface area (Å²) in [4.78, 5) is 11.9. The molecule has 0 radical (unpaired) electrons. The van der Waals surface area contributed by atoms with E-state index in [1.165, 1.54) is 0 Å². The van der Waals surface area contributed by atoms with Crippen molar-refractivity contribution < 1.29 is 14.3 Å². The molecule has 1 aliphatic heterocycles. The van der Waals surface area contributed by atoms with Crippen LogP contribution < -0.4 is 15.4 Å². The normalized spacial score (nSPS) is 17.9. The average molecular weight is 278 g/mol. The van der Waals surface area contributed by atoms with Crippen LogP contribution in [0.1, 0.15) is 19.3 Å². The van der Waals surface area contributed by atoms with Gasteiger partial charge in [-0.15, -0.1) is 0 Å².